The van der Waals surface area contributed by atoms with E-state index in [4.69, 9.17) is 9.47 Å². The van der Waals surface area contributed by atoms with Crippen molar-refractivity contribution in [3.05, 3.63) is 42.0 Å². The number of methoxy groups -OCH3 is 1. The van der Waals surface area contributed by atoms with Gasteiger partial charge in [0, 0.05) is 12.0 Å². The van der Waals surface area contributed by atoms with Gasteiger partial charge in [0.25, 0.3) is 0 Å². The Morgan fingerprint density at radius 3 is 2.53 bits per heavy atom. The molecular weight excluding hydrogens is 240 g/mol. The van der Waals surface area contributed by atoms with Gasteiger partial charge < -0.3 is 14.6 Å². The van der Waals surface area contributed by atoms with Crippen LogP contribution in [0.25, 0.3) is 10.8 Å². The monoisotopic (exact) mass is 258 g/mol. The second kappa shape index (κ2) is 4.83. The molecule has 1 fully saturated rings. The largest absolute Gasteiger partial charge is 0.497 e. The summed E-state index contributed by atoms with van der Waals surface area (Å²) < 4.78 is 10.6. The minimum atomic E-state index is 0.00284. The van der Waals surface area contributed by atoms with E-state index in [1.807, 2.05) is 12.1 Å². The predicted molar refractivity (Wildman–Crippen MR) is 74.7 cm³/mol. The lowest BCUT2D eigenvalue weighted by molar-refractivity contribution is -0.0700. The summed E-state index contributed by atoms with van der Waals surface area (Å²) in [6, 6.07) is 12.5. The van der Waals surface area contributed by atoms with E-state index in [9.17, 15) is 5.11 Å². The third kappa shape index (κ3) is 2.09. The standard InChI is InChI=1S/C16H18O3/c1-18-15-5-3-12-8-14(4-2-13(12)9-15)16(6-7-17)10-19-11-16/h2-5,8-9,17H,6-7,10-11H2,1H3. The molecule has 0 aromatic heterocycles. The van der Waals surface area contributed by atoms with Crippen molar-refractivity contribution in [2.45, 2.75) is 11.8 Å². The maximum Gasteiger partial charge on any atom is 0.119 e. The minimum absolute atomic E-state index is 0.00284. The molecule has 3 nitrogen and oxygen atoms in total. The van der Waals surface area contributed by atoms with E-state index in [-0.39, 0.29) is 12.0 Å². The fourth-order valence-electron chi connectivity index (χ4n) is 2.70. The summed E-state index contributed by atoms with van der Waals surface area (Å²) in [7, 11) is 1.68. The average Bonchev–Trinajstić information content (AvgIpc) is 2.41. The van der Waals surface area contributed by atoms with Gasteiger partial charge in [0.05, 0.1) is 20.3 Å². The second-order valence-electron chi connectivity index (χ2n) is 5.17. The Bertz CT molecular complexity index is 588. The lowest BCUT2D eigenvalue weighted by Crippen LogP contribution is -2.47. The van der Waals surface area contributed by atoms with E-state index in [0.29, 0.717) is 13.2 Å². The Kier molecular flexibility index (Phi) is 3.17. The Hall–Kier alpha value is -1.58. The summed E-state index contributed by atoms with van der Waals surface area (Å²) in [5.41, 5.74) is 1.26. The topological polar surface area (TPSA) is 38.7 Å². The minimum Gasteiger partial charge on any atom is -0.497 e. The third-order valence-corrected chi connectivity index (χ3v) is 4.01. The molecule has 1 saturated heterocycles. The number of aliphatic hydroxyl groups excluding tert-OH is 1. The van der Waals surface area contributed by atoms with Crippen molar-refractivity contribution in [3.8, 4) is 5.75 Å². The Balaban J connectivity index is 2.01. The smallest absolute Gasteiger partial charge is 0.119 e. The number of aliphatic hydroxyl groups is 1. The zero-order valence-corrected chi connectivity index (χ0v) is 11.1. The number of hydrogen-bond acceptors (Lipinski definition) is 3. The van der Waals surface area contributed by atoms with Crippen LogP contribution in [0.5, 0.6) is 5.75 Å². The Labute approximate surface area is 112 Å². The molecule has 0 saturated carbocycles. The molecule has 1 N–H and O–H groups in total. The van der Waals surface area contributed by atoms with Crippen molar-refractivity contribution in [2.75, 3.05) is 26.9 Å². The first-order valence-corrected chi connectivity index (χ1v) is 6.54. The molecular formula is C16H18O3. The molecule has 100 valence electrons. The highest BCUT2D eigenvalue weighted by atomic mass is 16.5. The highest BCUT2D eigenvalue weighted by Crippen LogP contribution is 2.37. The molecule has 0 atom stereocenters. The summed E-state index contributed by atoms with van der Waals surface area (Å²) in [6.07, 6.45) is 0.759. The molecule has 1 heterocycles. The van der Waals surface area contributed by atoms with Crippen LogP contribution in [0.2, 0.25) is 0 Å². The fraction of sp³-hybridized carbons (Fsp3) is 0.375. The van der Waals surface area contributed by atoms with Crippen LogP contribution in [0.1, 0.15) is 12.0 Å². The van der Waals surface area contributed by atoms with Crippen molar-refractivity contribution in [2.24, 2.45) is 0 Å². The van der Waals surface area contributed by atoms with Crippen LogP contribution in [-0.4, -0.2) is 32.0 Å². The number of ether oxygens (including phenoxy) is 2. The molecule has 0 spiro atoms. The van der Waals surface area contributed by atoms with Gasteiger partial charge in [-0.15, -0.1) is 0 Å². The van der Waals surface area contributed by atoms with E-state index in [0.717, 1.165) is 12.2 Å². The van der Waals surface area contributed by atoms with Crippen LogP contribution in [0.4, 0.5) is 0 Å². The average molecular weight is 258 g/mol. The molecule has 2 aromatic rings. The number of hydrogen-bond donors (Lipinski definition) is 1. The van der Waals surface area contributed by atoms with Crippen LogP contribution in [0.15, 0.2) is 36.4 Å². The van der Waals surface area contributed by atoms with Gasteiger partial charge in [-0.1, -0.05) is 24.3 Å². The molecule has 0 radical (unpaired) electrons. The highest BCUT2D eigenvalue weighted by molar-refractivity contribution is 5.84. The van der Waals surface area contributed by atoms with Gasteiger partial charge in [0.1, 0.15) is 5.75 Å². The van der Waals surface area contributed by atoms with Crippen molar-refractivity contribution >= 4 is 10.8 Å². The maximum atomic E-state index is 9.24. The number of fused-ring (bicyclic) bond motifs is 1. The van der Waals surface area contributed by atoms with E-state index < -0.39 is 0 Å². The van der Waals surface area contributed by atoms with Crippen LogP contribution < -0.4 is 4.74 Å². The first-order chi connectivity index (χ1) is 9.27. The van der Waals surface area contributed by atoms with E-state index in [1.54, 1.807) is 7.11 Å². The molecule has 3 rings (SSSR count). The first kappa shape index (κ1) is 12.5. The zero-order chi connectivity index (χ0) is 13.3. The summed E-state index contributed by atoms with van der Waals surface area (Å²) >= 11 is 0. The zero-order valence-electron chi connectivity index (χ0n) is 11.1. The molecule has 0 bridgehead atoms. The van der Waals surface area contributed by atoms with Gasteiger partial charge in [-0.05, 0) is 34.9 Å². The number of benzene rings is 2. The lowest BCUT2D eigenvalue weighted by atomic mass is 9.75. The van der Waals surface area contributed by atoms with Crippen molar-refractivity contribution in [3.63, 3.8) is 0 Å². The van der Waals surface area contributed by atoms with Crippen molar-refractivity contribution in [1.82, 2.24) is 0 Å². The molecule has 2 aromatic carbocycles. The quantitative estimate of drug-likeness (QED) is 0.915. The van der Waals surface area contributed by atoms with Gasteiger partial charge >= 0.3 is 0 Å². The molecule has 0 aliphatic carbocycles. The molecule has 0 amide bonds. The summed E-state index contributed by atoms with van der Waals surface area (Å²) in [6.45, 7) is 1.61. The second-order valence-corrected chi connectivity index (χ2v) is 5.17. The first-order valence-electron chi connectivity index (χ1n) is 6.54. The van der Waals surface area contributed by atoms with Gasteiger partial charge in [-0.2, -0.15) is 0 Å². The SMILES string of the molecule is COc1ccc2cc(C3(CCO)COC3)ccc2c1. The molecule has 1 aliphatic heterocycles. The van der Waals surface area contributed by atoms with E-state index in [2.05, 4.69) is 24.3 Å². The van der Waals surface area contributed by atoms with Crippen molar-refractivity contribution < 1.29 is 14.6 Å². The number of rotatable bonds is 4. The van der Waals surface area contributed by atoms with Gasteiger partial charge in [-0.25, -0.2) is 0 Å². The van der Waals surface area contributed by atoms with Crippen LogP contribution >= 0.6 is 0 Å². The third-order valence-electron chi connectivity index (χ3n) is 4.01. The molecule has 1 aliphatic rings. The highest BCUT2D eigenvalue weighted by Gasteiger charge is 2.39. The van der Waals surface area contributed by atoms with Crippen LogP contribution in [-0.2, 0) is 10.2 Å². The molecule has 0 unspecified atom stereocenters. The Morgan fingerprint density at radius 2 is 1.89 bits per heavy atom. The predicted octanol–water partition coefficient (Wildman–Crippen LogP) is 2.50. The molecule has 3 heteroatoms. The normalized spacial score (nSPS) is 17.2. The van der Waals surface area contributed by atoms with Crippen LogP contribution in [0.3, 0.4) is 0 Å². The fourth-order valence-corrected chi connectivity index (χ4v) is 2.70. The van der Waals surface area contributed by atoms with E-state index in [1.165, 1.54) is 16.3 Å². The van der Waals surface area contributed by atoms with E-state index >= 15 is 0 Å². The van der Waals surface area contributed by atoms with Crippen molar-refractivity contribution in [1.29, 1.82) is 0 Å². The maximum absolute atomic E-state index is 9.24. The van der Waals surface area contributed by atoms with Gasteiger partial charge in [0.2, 0.25) is 0 Å². The summed E-state index contributed by atoms with van der Waals surface area (Å²) in [4.78, 5) is 0. The molecule has 19 heavy (non-hydrogen) atoms. The lowest BCUT2D eigenvalue weighted by Gasteiger charge is -2.41. The van der Waals surface area contributed by atoms with Gasteiger partial charge in [0.15, 0.2) is 0 Å². The summed E-state index contributed by atoms with van der Waals surface area (Å²) in [5.74, 6) is 0.872. The Morgan fingerprint density at radius 1 is 1.16 bits per heavy atom. The summed E-state index contributed by atoms with van der Waals surface area (Å²) in [5, 5.41) is 11.6. The van der Waals surface area contributed by atoms with Gasteiger partial charge in [-0.3, -0.25) is 0 Å². The van der Waals surface area contributed by atoms with Crippen LogP contribution in [0, 0.1) is 0 Å².